The standard InChI is InChI=1S/C3H8NOS/c1-4(2)3-6-5/h3H2,1-2H3/q+1. The molecule has 0 aliphatic carbocycles. The van der Waals surface area contributed by atoms with Gasteiger partial charge in [0.05, 0.1) is 0 Å². The SMILES string of the molecule is CN(C)C[S+]=O. The molecule has 0 aromatic rings. The molecule has 0 aliphatic heterocycles. The average Bonchev–Trinajstić information content (AvgIpc) is 1.35. The fraction of sp³-hybridized carbons (Fsp3) is 1.00. The number of nitrogens with zero attached hydrogens (tertiary/aromatic N) is 1. The maximum atomic E-state index is 9.62. The molecule has 0 saturated carbocycles. The van der Waals surface area contributed by atoms with E-state index in [1.54, 1.807) is 0 Å². The lowest BCUT2D eigenvalue weighted by molar-refractivity contribution is 0.476. The second-order valence-electron chi connectivity index (χ2n) is 1.33. The van der Waals surface area contributed by atoms with E-state index in [4.69, 9.17) is 0 Å². The minimum absolute atomic E-state index is 0.569. The van der Waals surface area contributed by atoms with Gasteiger partial charge in [0.2, 0.25) is 0 Å². The van der Waals surface area contributed by atoms with E-state index >= 15 is 0 Å². The molecule has 0 spiro atoms. The summed E-state index contributed by atoms with van der Waals surface area (Å²) in [6.07, 6.45) is 0. The molecular formula is C3H8NOS+. The van der Waals surface area contributed by atoms with Crippen molar-refractivity contribution in [1.29, 1.82) is 0 Å². The van der Waals surface area contributed by atoms with Crippen LogP contribution in [0.25, 0.3) is 0 Å². The summed E-state index contributed by atoms with van der Waals surface area (Å²) in [6.45, 7) is 0. The van der Waals surface area contributed by atoms with Crippen molar-refractivity contribution in [3.63, 3.8) is 0 Å². The van der Waals surface area contributed by atoms with Crippen LogP contribution in [0.1, 0.15) is 0 Å². The topological polar surface area (TPSA) is 20.3 Å². The molecule has 6 heavy (non-hydrogen) atoms. The summed E-state index contributed by atoms with van der Waals surface area (Å²) in [5.41, 5.74) is 0. The monoisotopic (exact) mass is 106 g/mol. The van der Waals surface area contributed by atoms with E-state index in [0.717, 1.165) is 0 Å². The Balaban J connectivity index is 2.81. The summed E-state index contributed by atoms with van der Waals surface area (Å²) >= 11 is 0.586. The predicted octanol–water partition coefficient (Wildman–Crippen LogP) is -0.0664. The lowest BCUT2D eigenvalue weighted by Gasteiger charge is -1.90. The first-order chi connectivity index (χ1) is 2.77. The molecule has 0 rings (SSSR count). The van der Waals surface area contributed by atoms with Crippen molar-refractivity contribution in [2.75, 3.05) is 20.0 Å². The number of hydrogen-bond donors (Lipinski definition) is 0. The molecule has 0 aromatic carbocycles. The van der Waals surface area contributed by atoms with Gasteiger partial charge in [0.15, 0.2) is 0 Å². The zero-order valence-electron chi connectivity index (χ0n) is 3.97. The van der Waals surface area contributed by atoms with E-state index in [0.29, 0.717) is 17.5 Å². The molecule has 0 radical (unpaired) electrons. The van der Waals surface area contributed by atoms with Crippen molar-refractivity contribution in [3.05, 3.63) is 0 Å². The van der Waals surface area contributed by atoms with Gasteiger partial charge in [0.25, 0.3) is 5.88 Å². The fourth-order valence-corrected chi connectivity index (χ4v) is 0.316. The summed E-state index contributed by atoms with van der Waals surface area (Å²) in [4.78, 5) is 1.83. The molecule has 0 amide bonds. The smallest absolute Gasteiger partial charge is 0.255 e. The van der Waals surface area contributed by atoms with Gasteiger partial charge in [-0.1, -0.05) is 0 Å². The summed E-state index contributed by atoms with van der Waals surface area (Å²) in [6, 6.07) is 0. The molecule has 36 valence electrons. The Labute approximate surface area is 41.6 Å². The highest BCUT2D eigenvalue weighted by Crippen LogP contribution is 1.65. The minimum atomic E-state index is 0.569. The maximum Gasteiger partial charge on any atom is 0.476 e. The lowest BCUT2D eigenvalue weighted by Crippen LogP contribution is -2.10. The van der Waals surface area contributed by atoms with Crippen LogP contribution in [-0.2, 0) is 15.9 Å². The molecule has 0 fully saturated rings. The van der Waals surface area contributed by atoms with Crippen LogP contribution >= 0.6 is 0 Å². The van der Waals surface area contributed by atoms with Crippen molar-refractivity contribution in [2.45, 2.75) is 0 Å². The van der Waals surface area contributed by atoms with Gasteiger partial charge in [-0.3, -0.25) is 4.90 Å². The maximum absolute atomic E-state index is 9.62. The van der Waals surface area contributed by atoms with Crippen LogP contribution in [-0.4, -0.2) is 24.9 Å². The molecular weight excluding hydrogens is 98.1 g/mol. The second kappa shape index (κ2) is 3.18. The molecule has 2 nitrogen and oxygen atoms in total. The van der Waals surface area contributed by atoms with Crippen LogP contribution in [0.2, 0.25) is 0 Å². The third-order valence-electron chi connectivity index (χ3n) is 0.311. The average molecular weight is 106 g/mol. The first-order valence-electron chi connectivity index (χ1n) is 1.67. The zero-order chi connectivity index (χ0) is 4.99. The quantitative estimate of drug-likeness (QED) is 0.363. The third-order valence-corrected chi connectivity index (χ3v) is 0.933. The Morgan fingerprint density at radius 3 is 2.17 bits per heavy atom. The van der Waals surface area contributed by atoms with E-state index in [1.807, 2.05) is 19.0 Å². The second-order valence-corrected chi connectivity index (χ2v) is 1.82. The van der Waals surface area contributed by atoms with Crippen LogP contribution in [0.4, 0.5) is 0 Å². The first-order valence-corrected chi connectivity index (χ1v) is 2.58. The number of hydrogen-bond acceptors (Lipinski definition) is 2. The van der Waals surface area contributed by atoms with Gasteiger partial charge in [-0.25, -0.2) is 0 Å². The Hall–Kier alpha value is -0.0200. The molecule has 0 saturated heterocycles. The minimum Gasteiger partial charge on any atom is -0.255 e. The molecule has 0 aromatic heterocycles. The molecule has 0 N–H and O–H groups in total. The predicted molar refractivity (Wildman–Crippen MR) is 26.6 cm³/mol. The Kier molecular flexibility index (Phi) is 3.17. The summed E-state index contributed by atoms with van der Waals surface area (Å²) in [5, 5.41) is 0. The van der Waals surface area contributed by atoms with Crippen LogP contribution in [0.15, 0.2) is 0 Å². The van der Waals surface area contributed by atoms with Gasteiger partial charge in [-0.15, -0.1) is 0 Å². The highest BCUT2D eigenvalue weighted by atomic mass is 32.1. The van der Waals surface area contributed by atoms with Crippen molar-refractivity contribution in [1.82, 2.24) is 4.90 Å². The van der Waals surface area contributed by atoms with E-state index in [9.17, 15) is 4.21 Å². The molecule has 0 atom stereocenters. The molecule has 0 heterocycles. The highest BCUT2D eigenvalue weighted by Gasteiger charge is 1.95. The Bertz CT molecular complexity index is 46.1. The van der Waals surface area contributed by atoms with Crippen molar-refractivity contribution in [2.24, 2.45) is 0 Å². The van der Waals surface area contributed by atoms with E-state index in [1.165, 1.54) is 0 Å². The van der Waals surface area contributed by atoms with Crippen molar-refractivity contribution in [3.8, 4) is 0 Å². The molecule has 0 bridgehead atoms. The molecule has 3 heteroatoms. The number of rotatable bonds is 2. The van der Waals surface area contributed by atoms with Crippen molar-refractivity contribution >= 4 is 11.7 Å². The zero-order valence-corrected chi connectivity index (χ0v) is 4.79. The van der Waals surface area contributed by atoms with Crippen LogP contribution in [0.5, 0.6) is 0 Å². The van der Waals surface area contributed by atoms with E-state index in [-0.39, 0.29) is 0 Å². The summed E-state index contributed by atoms with van der Waals surface area (Å²) in [7, 11) is 3.73. The normalized spacial score (nSPS) is 9.17. The van der Waals surface area contributed by atoms with Gasteiger partial charge in [-0.2, -0.15) is 0 Å². The lowest BCUT2D eigenvalue weighted by atomic mass is 11.0. The van der Waals surface area contributed by atoms with Crippen LogP contribution < -0.4 is 0 Å². The van der Waals surface area contributed by atoms with Crippen LogP contribution in [0.3, 0.4) is 0 Å². The Morgan fingerprint density at radius 1 is 1.67 bits per heavy atom. The van der Waals surface area contributed by atoms with Gasteiger partial charge in [0.1, 0.15) is 0 Å². The summed E-state index contributed by atoms with van der Waals surface area (Å²) in [5.74, 6) is 0.569. The highest BCUT2D eigenvalue weighted by molar-refractivity contribution is 7.65. The van der Waals surface area contributed by atoms with Gasteiger partial charge in [0, 0.05) is 4.21 Å². The van der Waals surface area contributed by atoms with E-state index < -0.39 is 0 Å². The van der Waals surface area contributed by atoms with Crippen LogP contribution in [0, 0.1) is 0 Å². The summed E-state index contributed by atoms with van der Waals surface area (Å²) < 4.78 is 9.62. The Morgan fingerprint density at radius 2 is 2.17 bits per heavy atom. The molecule has 0 aliphatic rings. The fourth-order valence-electron chi connectivity index (χ4n) is 0.105. The molecule has 0 unspecified atom stereocenters. The van der Waals surface area contributed by atoms with Crippen molar-refractivity contribution < 1.29 is 4.21 Å². The van der Waals surface area contributed by atoms with E-state index in [2.05, 4.69) is 0 Å². The van der Waals surface area contributed by atoms with Gasteiger partial charge in [-0.05, 0) is 14.1 Å². The first kappa shape index (κ1) is 5.98. The van der Waals surface area contributed by atoms with Gasteiger partial charge < -0.3 is 0 Å². The van der Waals surface area contributed by atoms with Gasteiger partial charge >= 0.3 is 11.7 Å². The third kappa shape index (κ3) is 3.98. The largest absolute Gasteiger partial charge is 0.476 e.